The average Bonchev–Trinajstić information content (AvgIpc) is 2.41. The minimum absolute atomic E-state index is 0.126. The summed E-state index contributed by atoms with van der Waals surface area (Å²) in [6, 6.07) is 4.02. The summed E-state index contributed by atoms with van der Waals surface area (Å²) in [5.41, 5.74) is 0.170. The number of amides is 1. The van der Waals surface area contributed by atoms with Crippen molar-refractivity contribution < 1.29 is 19.8 Å². The van der Waals surface area contributed by atoms with E-state index in [0.29, 0.717) is 18.0 Å². The highest BCUT2D eigenvalue weighted by Crippen LogP contribution is 2.22. The Morgan fingerprint density at radius 3 is 2.65 bits per heavy atom. The number of aromatic hydroxyl groups is 1. The number of nitrogens with one attached hydrogen (secondary N) is 2. The number of phenols is 1. The molecule has 0 aliphatic carbocycles. The molecule has 108 valence electrons. The first-order valence-corrected chi connectivity index (χ1v) is 6.63. The van der Waals surface area contributed by atoms with Gasteiger partial charge in [-0.25, -0.2) is 4.79 Å². The maximum absolute atomic E-state index is 11.9. The van der Waals surface area contributed by atoms with E-state index < -0.39 is 5.97 Å². The summed E-state index contributed by atoms with van der Waals surface area (Å²) in [7, 11) is 0. The number of hydrogen-bond donors (Lipinski definition) is 4. The highest BCUT2D eigenvalue weighted by Gasteiger charge is 2.17. The van der Waals surface area contributed by atoms with Crippen LogP contribution in [0.3, 0.4) is 0 Å². The molecular weight excluding hydrogens is 260 g/mol. The van der Waals surface area contributed by atoms with Crippen LogP contribution in [0.25, 0.3) is 0 Å². The zero-order valence-corrected chi connectivity index (χ0v) is 11.1. The van der Waals surface area contributed by atoms with E-state index in [2.05, 4.69) is 10.6 Å². The molecule has 1 heterocycles. The fourth-order valence-electron chi connectivity index (χ4n) is 2.35. The van der Waals surface area contributed by atoms with E-state index >= 15 is 0 Å². The predicted molar refractivity (Wildman–Crippen MR) is 73.9 cm³/mol. The van der Waals surface area contributed by atoms with Crippen molar-refractivity contribution in [2.75, 3.05) is 18.4 Å². The third kappa shape index (κ3) is 3.71. The van der Waals surface area contributed by atoms with Crippen LogP contribution in [0.15, 0.2) is 18.2 Å². The SMILES string of the molecule is O=C(CC1CCNCC1)Nc1ccc(O)c(C(=O)O)c1. The van der Waals surface area contributed by atoms with Crippen LogP contribution in [0.4, 0.5) is 5.69 Å². The van der Waals surface area contributed by atoms with Crippen molar-refractivity contribution in [3.8, 4) is 5.75 Å². The summed E-state index contributed by atoms with van der Waals surface area (Å²) < 4.78 is 0. The number of hydrogen-bond acceptors (Lipinski definition) is 4. The molecular formula is C14H18N2O4. The number of rotatable bonds is 4. The normalized spacial score (nSPS) is 15.8. The first kappa shape index (κ1) is 14.3. The molecule has 4 N–H and O–H groups in total. The number of benzene rings is 1. The second-order valence-corrected chi connectivity index (χ2v) is 4.98. The van der Waals surface area contributed by atoms with Crippen molar-refractivity contribution in [2.24, 2.45) is 5.92 Å². The number of carbonyl (C=O) groups is 2. The van der Waals surface area contributed by atoms with E-state index in [9.17, 15) is 14.7 Å². The van der Waals surface area contributed by atoms with Gasteiger partial charge in [0.1, 0.15) is 11.3 Å². The lowest BCUT2D eigenvalue weighted by atomic mass is 9.94. The second kappa shape index (κ2) is 6.38. The van der Waals surface area contributed by atoms with Crippen LogP contribution in [-0.2, 0) is 4.79 Å². The van der Waals surface area contributed by atoms with Crippen LogP contribution in [0.5, 0.6) is 5.75 Å². The topological polar surface area (TPSA) is 98.7 Å². The van der Waals surface area contributed by atoms with Gasteiger partial charge in [0.15, 0.2) is 0 Å². The molecule has 6 nitrogen and oxygen atoms in total. The zero-order valence-electron chi connectivity index (χ0n) is 11.1. The van der Waals surface area contributed by atoms with Gasteiger partial charge in [-0.05, 0) is 50.0 Å². The second-order valence-electron chi connectivity index (χ2n) is 4.98. The number of anilines is 1. The molecule has 1 fully saturated rings. The molecule has 0 bridgehead atoms. The van der Waals surface area contributed by atoms with Gasteiger partial charge in [-0.1, -0.05) is 0 Å². The fraction of sp³-hybridized carbons (Fsp3) is 0.429. The van der Waals surface area contributed by atoms with E-state index in [1.165, 1.54) is 18.2 Å². The van der Waals surface area contributed by atoms with E-state index in [-0.39, 0.29) is 17.2 Å². The molecule has 1 aromatic carbocycles. The molecule has 20 heavy (non-hydrogen) atoms. The van der Waals surface area contributed by atoms with Crippen LogP contribution in [-0.4, -0.2) is 35.2 Å². The quantitative estimate of drug-likeness (QED) is 0.624. The van der Waals surface area contributed by atoms with E-state index in [4.69, 9.17) is 5.11 Å². The van der Waals surface area contributed by atoms with E-state index in [0.717, 1.165) is 25.9 Å². The summed E-state index contributed by atoms with van der Waals surface area (Å²) >= 11 is 0. The molecule has 0 aromatic heterocycles. The molecule has 6 heteroatoms. The molecule has 0 atom stereocenters. The average molecular weight is 278 g/mol. The molecule has 2 rings (SSSR count). The van der Waals surface area contributed by atoms with Gasteiger partial charge in [0.05, 0.1) is 0 Å². The van der Waals surface area contributed by atoms with Crippen molar-refractivity contribution >= 4 is 17.6 Å². The molecule has 1 saturated heterocycles. The monoisotopic (exact) mass is 278 g/mol. The lowest BCUT2D eigenvalue weighted by Crippen LogP contribution is -2.30. The molecule has 0 unspecified atom stereocenters. The minimum atomic E-state index is -1.23. The Labute approximate surface area is 116 Å². The smallest absolute Gasteiger partial charge is 0.339 e. The summed E-state index contributed by atoms with van der Waals surface area (Å²) in [5, 5.41) is 24.2. The van der Waals surface area contributed by atoms with Gasteiger partial charge in [-0.3, -0.25) is 4.79 Å². The summed E-state index contributed by atoms with van der Waals surface area (Å²) in [6.07, 6.45) is 2.39. The Morgan fingerprint density at radius 1 is 1.30 bits per heavy atom. The third-order valence-electron chi connectivity index (χ3n) is 3.44. The molecule has 1 aliphatic heterocycles. The standard InChI is InChI=1S/C14H18N2O4/c17-12-2-1-10(8-11(12)14(19)20)16-13(18)7-9-3-5-15-6-4-9/h1-2,8-9,15,17H,3-7H2,(H,16,18)(H,19,20). The molecule has 1 aromatic rings. The minimum Gasteiger partial charge on any atom is -0.507 e. The number of piperidine rings is 1. The number of carbonyl (C=O) groups excluding carboxylic acids is 1. The van der Waals surface area contributed by atoms with Gasteiger partial charge >= 0.3 is 5.97 Å². The first-order valence-electron chi connectivity index (χ1n) is 6.63. The Kier molecular flexibility index (Phi) is 4.57. The van der Waals surface area contributed by atoms with Gasteiger partial charge in [0.25, 0.3) is 0 Å². The van der Waals surface area contributed by atoms with Gasteiger partial charge in [-0.2, -0.15) is 0 Å². The molecule has 1 amide bonds. The van der Waals surface area contributed by atoms with Crippen LogP contribution >= 0.6 is 0 Å². The zero-order chi connectivity index (χ0) is 14.5. The fourth-order valence-corrected chi connectivity index (χ4v) is 2.35. The first-order chi connectivity index (χ1) is 9.56. The predicted octanol–water partition coefficient (Wildman–Crippen LogP) is 1.42. The summed E-state index contributed by atoms with van der Waals surface area (Å²) in [6.45, 7) is 1.86. The van der Waals surface area contributed by atoms with Gasteiger partial charge in [0, 0.05) is 12.1 Å². The third-order valence-corrected chi connectivity index (χ3v) is 3.44. The molecule has 1 aliphatic rings. The van der Waals surface area contributed by atoms with E-state index in [1.807, 2.05) is 0 Å². The van der Waals surface area contributed by atoms with Gasteiger partial charge in [0.2, 0.25) is 5.91 Å². The number of carboxylic acids is 1. The van der Waals surface area contributed by atoms with Crippen molar-refractivity contribution in [1.29, 1.82) is 0 Å². The highest BCUT2D eigenvalue weighted by molar-refractivity contribution is 5.95. The van der Waals surface area contributed by atoms with Crippen molar-refractivity contribution in [1.82, 2.24) is 5.32 Å². The Bertz CT molecular complexity index is 510. The molecule has 0 saturated carbocycles. The number of carboxylic acid groups (broad SMARTS) is 1. The van der Waals surface area contributed by atoms with Crippen LogP contribution in [0, 0.1) is 5.92 Å². The Balaban J connectivity index is 1.96. The van der Waals surface area contributed by atoms with Crippen LogP contribution in [0.2, 0.25) is 0 Å². The summed E-state index contributed by atoms with van der Waals surface area (Å²) in [4.78, 5) is 22.8. The number of aromatic carboxylic acids is 1. The Hall–Kier alpha value is -2.08. The highest BCUT2D eigenvalue weighted by atomic mass is 16.4. The Morgan fingerprint density at radius 2 is 2.00 bits per heavy atom. The largest absolute Gasteiger partial charge is 0.507 e. The van der Waals surface area contributed by atoms with E-state index in [1.54, 1.807) is 0 Å². The lowest BCUT2D eigenvalue weighted by molar-refractivity contribution is -0.117. The summed E-state index contributed by atoms with van der Waals surface area (Å²) in [5.74, 6) is -1.29. The maximum atomic E-state index is 11.9. The van der Waals surface area contributed by atoms with Crippen LogP contribution in [0.1, 0.15) is 29.6 Å². The lowest BCUT2D eigenvalue weighted by Gasteiger charge is -2.21. The van der Waals surface area contributed by atoms with Gasteiger partial charge in [-0.15, -0.1) is 0 Å². The van der Waals surface area contributed by atoms with Crippen molar-refractivity contribution in [3.63, 3.8) is 0 Å². The molecule has 0 radical (unpaired) electrons. The van der Waals surface area contributed by atoms with Gasteiger partial charge < -0.3 is 20.8 Å². The maximum Gasteiger partial charge on any atom is 0.339 e. The van der Waals surface area contributed by atoms with Crippen molar-refractivity contribution in [3.05, 3.63) is 23.8 Å². The van der Waals surface area contributed by atoms with Crippen molar-refractivity contribution in [2.45, 2.75) is 19.3 Å². The van der Waals surface area contributed by atoms with Crippen LogP contribution < -0.4 is 10.6 Å². The molecule has 0 spiro atoms.